The third kappa shape index (κ3) is 2.87. The smallest absolute Gasteiger partial charge is 0.356 e. The number of nitrogens with zero attached hydrogens (tertiary/aromatic N) is 2. The third-order valence-electron chi connectivity index (χ3n) is 4.30. The van der Waals surface area contributed by atoms with Gasteiger partial charge in [-0.05, 0) is 44.0 Å². The van der Waals surface area contributed by atoms with Crippen LogP contribution in [0.5, 0.6) is 11.5 Å². The first kappa shape index (κ1) is 17.8. The topological polar surface area (TPSA) is 84.6 Å². The van der Waals surface area contributed by atoms with Crippen LogP contribution in [0.4, 0.5) is 0 Å². The minimum absolute atomic E-state index is 0.0673. The van der Waals surface area contributed by atoms with Crippen molar-refractivity contribution in [3.8, 4) is 22.8 Å². The van der Waals surface area contributed by atoms with Gasteiger partial charge in [0.25, 0.3) is 0 Å². The average Bonchev–Trinajstić information content (AvgIpc) is 2.85. The number of aromatic carboxylic acids is 1. The van der Waals surface area contributed by atoms with Gasteiger partial charge in [0.2, 0.25) is 0 Å². The Kier molecular flexibility index (Phi) is 4.59. The maximum Gasteiger partial charge on any atom is 0.356 e. The van der Waals surface area contributed by atoms with Crippen LogP contribution in [0.15, 0.2) is 30.3 Å². The number of aryl methyl sites for hydroxylation is 2. The molecule has 0 bridgehead atoms. The van der Waals surface area contributed by atoms with E-state index in [-0.39, 0.29) is 23.3 Å². The van der Waals surface area contributed by atoms with Gasteiger partial charge in [-0.1, -0.05) is 19.1 Å². The van der Waals surface area contributed by atoms with Gasteiger partial charge in [-0.2, -0.15) is 0 Å². The molecular weight excluding hydrogens is 332 g/mol. The number of aromatic hydroxyl groups is 1. The lowest BCUT2D eigenvalue weighted by Gasteiger charge is -2.12. The number of fused-ring (bicyclic) bond motifs is 1. The Morgan fingerprint density at radius 2 is 2.00 bits per heavy atom. The summed E-state index contributed by atoms with van der Waals surface area (Å²) in [4.78, 5) is 16.5. The van der Waals surface area contributed by atoms with Gasteiger partial charge in [0, 0.05) is 12.6 Å². The van der Waals surface area contributed by atoms with Crippen molar-refractivity contribution >= 4 is 17.0 Å². The van der Waals surface area contributed by atoms with Crippen LogP contribution in [-0.4, -0.2) is 31.8 Å². The summed E-state index contributed by atoms with van der Waals surface area (Å²) in [5.74, 6) is -0.678. The summed E-state index contributed by atoms with van der Waals surface area (Å²) < 4.78 is 7.40. The normalized spacial score (nSPS) is 11.3. The Bertz CT molecular complexity index is 989. The Morgan fingerprint density at radius 3 is 2.58 bits per heavy atom. The van der Waals surface area contributed by atoms with Gasteiger partial charge in [0.05, 0.1) is 17.3 Å². The van der Waals surface area contributed by atoms with E-state index in [2.05, 4.69) is 0 Å². The van der Waals surface area contributed by atoms with Gasteiger partial charge in [0.1, 0.15) is 11.3 Å². The van der Waals surface area contributed by atoms with Crippen molar-refractivity contribution in [2.45, 2.75) is 33.3 Å². The molecule has 0 atom stereocenters. The molecule has 0 aliphatic heterocycles. The highest BCUT2D eigenvalue weighted by molar-refractivity contribution is 6.00. The summed E-state index contributed by atoms with van der Waals surface area (Å²) in [6, 6.07) is 8.91. The number of hydrogen-bond acceptors (Lipinski definition) is 4. The number of aromatic nitrogens is 2. The standard InChI is InChI=1S/C20H22N2O4/c1-5-12-10-14-17(21-16(12)13-8-6-7-9-15(13)23)19(26-11(2)3)18(20(24)25)22(14)4/h6-11,23H,5H2,1-4H3,(H,24,25). The Balaban J connectivity index is 2.39. The molecule has 0 saturated heterocycles. The SMILES string of the molecule is CCc1cc2c(nc1-c1ccccc1O)c(OC(C)C)c(C(=O)O)n2C. The number of phenols is 1. The second-order valence-electron chi connectivity index (χ2n) is 6.44. The summed E-state index contributed by atoms with van der Waals surface area (Å²) in [5, 5.41) is 19.9. The van der Waals surface area contributed by atoms with E-state index < -0.39 is 5.97 Å². The number of rotatable bonds is 5. The van der Waals surface area contributed by atoms with Crippen molar-refractivity contribution in [2.24, 2.45) is 7.05 Å². The predicted octanol–water partition coefficient (Wildman–Crippen LogP) is 3.99. The lowest BCUT2D eigenvalue weighted by molar-refractivity contribution is 0.0680. The Labute approximate surface area is 151 Å². The fourth-order valence-electron chi connectivity index (χ4n) is 3.11. The maximum atomic E-state index is 11.8. The molecule has 0 aliphatic carbocycles. The van der Waals surface area contributed by atoms with Crippen LogP contribution in [-0.2, 0) is 13.5 Å². The summed E-state index contributed by atoms with van der Waals surface area (Å²) >= 11 is 0. The van der Waals surface area contributed by atoms with Crippen LogP contribution in [0, 0.1) is 0 Å². The second-order valence-corrected chi connectivity index (χ2v) is 6.44. The number of carboxylic acids is 1. The molecule has 136 valence electrons. The van der Waals surface area contributed by atoms with E-state index >= 15 is 0 Å². The van der Waals surface area contributed by atoms with Crippen LogP contribution in [0.3, 0.4) is 0 Å². The Morgan fingerprint density at radius 1 is 1.31 bits per heavy atom. The van der Waals surface area contributed by atoms with Crippen molar-refractivity contribution in [1.82, 2.24) is 9.55 Å². The van der Waals surface area contributed by atoms with Gasteiger partial charge in [-0.25, -0.2) is 9.78 Å². The third-order valence-corrected chi connectivity index (χ3v) is 4.30. The number of carboxylic acid groups (broad SMARTS) is 1. The molecule has 0 spiro atoms. The number of pyridine rings is 1. The molecule has 6 nitrogen and oxygen atoms in total. The molecule has 3 rings (SSSR count). The fraction of sp³-hybridized carbons (Fsp3) is 0.300. The van der Waals surface area contributed by atoms with Gasteiger partial charge in [0.15, 0.2) is 11.4 Å². The maximum absolute atomic E-state index is 11.8. The molecule has 0 saturated carbocycles. The number of carbonyl (C=O) groups is 1. The summed E-state index contributed by atoms with van der Waals surface area (Å²) in [6.07, 6.45) is 0.500. The highest BCUT2D eigenvalue weighted by Crippen LogP contribution is 2.37. The molecule has 2 aromatic heterocycles. The lowest BCUT2D eigenvalue weighted by Crippen LogP contribution is -2.11. The quantitative estimate of drug-likeness (QED) is 0.723. The van der Waals surface area contributed by atoms with E-state index in [1.165, 1.54) is 0 Å². The zero-order valence-corrected chi connectivity index (χ0v) is 15.3. The highest BCUT2D eigenvalue weighted by Gasteiger charge is 2.26. The minimum atomic E-state index is -1.07. The first-order valence-electron chi connectivity index (χ1n) is 8.55. The first-order valence-corrected chi connectivity index (χ1v) is 8.55. The van der Waals surface area contributed by atoms with Crippen molar-refractivity contribution in [3.05, 3.63) is 41.6 Å². The molecule has 2 N–H and O–H groups in total. The summed E-state index contributed by atoms with van der Waals surface area (Å²) in [7, 11) is 1.69. The number of para-hydroxylation sites is 1. The van der Waals surface area contributed by atoms with Crippen LogP contribution in [0.1, 0.15) is 36.8 Å². The van der Waals surface area contributed by atoms with Gasteiger partial charge < -0.3 is 19.5 Å². The van der Waals surface area contributed by atoms with Crippen LogP contribution in [0.25, 0.3) is 22.3 Å². The van der Waals surface area contributed by atoms with E-state index in [9.17, 15) is 15.0 Å². The second kappa shape index (κ2) is 6.71. The van der Waals surface area contributed by atoms with Gasteiger partial charge in [-0.15, -0.1) is 0 Å². The minimum Gasteiger partial charge on any atom is -0.507 e. The van der Waals surface area contributed by atoms with Crippen molar-refractivity contribution in [3.63, 3.8) is 0 Å². The lowest BCUT2D eigenvalue weighted by atomic mass is 10.0. The highest BCUT2D eigenvalue weighted by atomic mass is 16.5. The van der Waals surface area contributed by atoms with Crippen molar-refractivity contribution in [2.75, 3.05) is 0 Å². The van der Waals surface area contributed by atoms with E-state index in [1.807, 2.05) is 32.9 Å². The van der Waals surface area contributed by atoms with Crippen LogP contribution >= 0.6 is 0 Å². The molecule has 0 amide bonds. The van der Waals surface area contributed by atoms with Crippen LogP contribution < -0.4 is 4.74 Å². The van der Waals surface area contributed by atoms with E-state index in [1.54, 1.807) is 29.8 Å². The molecule has 0 radical (unpaired) electrons. The summed E-state index contributed by atoms with van der Waals surface area (Å²) in [6.45, 7) is 5.68. The molecular formula is C20H22N2O4. The van der Waals surface area contributed by atoms with Crippen molar-refractivity contribution < 1.29 is 19.7 Å². The fourth-order valence-corrected chi connectivity index (χ4v) is 3.11. The number of phenolic OH excluding ortho intramolecular Hbond substituents is 1. The van der Waals surface area contributed by atoms with E-state index in [0.717, 1.165) is 5.56 Å². The van der Waals surface area contributed by atoms with Crippen LogP contribution in [0.2, 0.25) is 0 Å². The molecule has 0 unspecified atom stereocenters. The largest absolute Gasteiger partial charge is 0.507 e. The zero-order chi connectivity index (χ0) is 19.0. The predicted molar refractivity (Wildman–Crippen MR) is 99.9 cm³/mol. The number of benzene rings is 1. The molecule has 6 heteroatoms. The molecule has 3 aromatic rings. The van der Waals surface area contributed by atoms with E-state index in [0.29, 0.717) is 28.7 Å². The first-order chi connectivity index (χ1) is 12.3. The molecule has 1 aromatic carbocycles. The molecule has 26 heavy (non-hydrogen) atoms. The van der Waals surface area contributed by atoms with Crippen molar-refractivity contribution in [1.29, 1.82) is 0 Å². The molecule has 0 aliphatic rings. The molecule has 2 heterocycles. The number of hydrogen-bond donors (Lipinski definition) is 2. The zero-order valence-electron chi connectivity index (χ0n) is 15.3. The summed E-state index contributed by atoms with van der Waals surface area (Å²) in [5.41, 5.74) is 3.41. The van der Waals surface area contributed by atoms with Gasteiger partial charge in [-0.3, -0.25) is 0 Å². The van der Waals surface area contributed by atoms with E-state index in [4.69, 9.17) is 9.72 Å². The average molecular weight is 354 g/mol. The molecule has 0 fully saturated rings. The van der Waals surface area contributed by atoms with Gasteiger partial charge >= 0.3 is 5.97 Å². The Hall–Kier alpha value is -3.02. The number of ether oxygens (including phenoxy) is 1. The monoisotopic (exact) mass is 354 g/mol.